The number of rotatable bonds is 0. The number of amidine groups is 1. The Morgan fingerprint density at radius 2 is 1.93 bits per heavy atom. The summed E-state index contributed by atoms with van der Waals surface area (Å²) in [5, 5.41) is 10.6. The van der Waals surface area contributed by atoms with Crippen molar-refractivity contribution >= 4 is 34.8 Å². The monoisotopic (exact) mass is 217 g/mol. The van der Waals surface area contributed by atoms with Gasteiger partial charge >= 0.3 is 0 Å². The van der Waals surface area contributed by atoms with Crippen LogP contribution in [0.5, 0.6) is 0 Å². The lowest BCUT2D eigenvalue weighted by Crippen LogP contribution is -2.19. The average molecular weight is 217 g/mol. The first-order chi connectivity index (χ1) is 6.58. The Hall–Kier alpha value is -1.57. The van der Waals surface area contributed by atoms with Crippen molar-refractivity contribution in [1.29, 1.82) is 5.41 Å². The minimum absolute atomic E-state index is 0.00116. The molecule has 0 atom stereocenters. The molecule has 7 nitrogen and oxygen atoms in total. The van der Waals surface area contributed by atoms with Gasteiger partial charge < -0.3 is 4.74 Å². The van der Waals surface area contributed by atoms with Crippen molar-refractivity contribution < 1.29 is 19.1 Å². The first-order valence-electron chi connectivity index (χ1n) is 3.56. The molecule has 2 fully saturated rings. The molecule has 0 aromatic rings. The summed E-state index contributed by atoms with van der Waals surface area (Å²) in [6.45, 7) is -0.00116. The van der Waals surface area contributed by atoms with Gasteiger partial charge in [-0.15, -0.1) is 0 Å². The fourth-order valence-electron chi connectivity index (χ4n) is 0.654. The number of amides is 3. The number of thioether (sulfide) groups is 1. The minimum atomic E-state index is -0.245. The molecule has 3 N–H and O–H groups in total. The molecule has 0 saturated carbocycles. The predicted octanol–water partition coefficient (Wildman–Crippen LogP) is -0.963. The van der Waals surface area contributed by atoms with Gasteiger partial charge in [-0.05, 0) is 0 Å². The highest BCUT2D eigenvalue weighted by Crippen LogP contribution is 2.06. The molecule has 2 rings (SSSR count). The van der Waals surface area contributed by atoms with Gasteiger partial charge in [0.25, 0.3) is 17.2 Å². The molecule has 0 radical (unpaired) electrons. The zero-order valence-corrected chi connectivity index (χ0v) is 7.77. The third-order valence-electron chi connectivity index (χ3n) is 1.18. The van der Waals surface area contributed by atoms with E-state index in [0.717, 1.165) is 11.8 Å². The van der Waals surface area contributed by atoms with Gasteiger partial charge in [-0.25, -0.2) is 0 Å². The maximum absolute atomic E-state index is 10.1. The fraction of sp³-hybridized carbons (Fsp3) is 0.333. The summed E-state index contributed by atoms with van der Waals surface area (Å²) in [5.74, 6) is -0.140. The number of nitrogens with one attached hydrogen (secondary N) is 3. The second-order valence-corrected chi connectivity index (χ2v) is 3.24. The average Bonchev–Trinajstić information content (AvgIpc) is 2.63. The highest BCUT2D eigenvalue weighted by molar-refractivity contribution is 8.14. The van der Waals surface area contributed by atoms with E-state index in [4.69, 9.17) is 5.41 Å². The van der Waals surface area contributed by atoms with Crippen LogP contribution in [-0.2, 0) is 14.3 Å². The van der Waals surface area contributed by atoms with Crippen molar-refractivity contribution in [3.05, 3.63) is 0 Å². The summed E-state index contributed by atoms with van der Waals surface area (Å²) in [7, 11) is 0. The van der Waals surface area contributed by atoms with Crippen LogP contribution in [0.3, 0.4) is 0 Å². The smallest absolute Gasteiger partial charge is 0.289 e. The van der Waals surface area contributed by atoms with Crippen LogP contribution in [0.1, 0.15) is 0 Å². The van der Waals surface area contributed by atoms with Crippen LogP contribution in [0.2, 0.25) is 0 Å². The summed E-state index contributed by atoms with van der Waals surface area (Å²) in [6, 6.07) is -0.148. The molecule has 76 valence electrons. The molecule has 2 saturated heterocycles. The number of ether oxygens (including phenoxy) is 1. The third kappa shape index (κ3) is 3.44. The Morgan fingerprint density at radius 3 is 2.07 bits per heavy atom. The molecular weight excluding hydrogens is 210 g/mol. The van der Waals surface area contributed by atoms with Gasteiger partial charge in [0.15, 0.2) is 6.61 Å². The number of hydrogen-bond donors (Lipinski definition) is 3. The molecule has 2 aliphatic heterocycles. The number of carbonyl (C=O) groups excluding carboxylic acids is 3. The van der Waals surface area contributed by atoms with Crippen molar-refractivity contribution in [2.45, 2.75) is 0 Å². The minimum Gasteiger partial charge on any atom is -0.455 e. The maximum Gasteiger partial charge on any atom is 0.289 e. The highest BCUT2D eigenvalue weighted by Gasteiger charge is 2.16. The summed E-state index contributed by atoms with van der Waals surface area (Å²) in [4.78, 5) is 30.3. The SMILES string of the molecule is N=C1NC(=O)CO1.O=C1CSC(=O)N1. The molecule has 0 spiro atoms. The number of hydrogen-bond acceptors (Lipinski definition) is 6. The standard InChI is InChI=1S/C3H4N2O2.C3H3NO2S/c4-3-5-2(6)1-7-3;5-2-1-7-3(6)4-2/h1H2,(H2,4,5,6);1H2,(H,4,5,6). The third-order valence-corrected chi connectivity index (χ3v) is 1.95. The van der Waals surface area contributed by atoms with Crippen LogP contribution in [0.4, 0.5) is 4.79 Å². The van der Waals surface area contributed by atoms with E-state index in [1.54, 1.807) is 0 Å². The fourth-order valence-corrected chi connectivity index (χ4v) is 1.17. The quantitative estimate of drug-likeness (QED) is 0.484. The largest absolute Gasteiger partial charge is 0.455 e. The summed E-state index contributed by atoms with van der Waals surface area (Å²) in [5.41, 5.74) is 0. The zero-order chi connectivity index (χ0) is 10.6. The van der Waals surface area contributed by atoms with E-state index in [-0.39, 0.29) is 29.7 Å². The second kappa shape index (κ2) is 4.61. The molecule has 2 aliphatic rings. The Labute approximate surface area is 83.1 Å². The Kier molecular flexibility index (Phi) is 3.46. The number of imide groups is 1. The maximum atomic E-state index is 10.1. The Balaban J connectivity index is 0.000000140. The van der Waals surface area contributed by atoms with E-state index in [2.05, 4.69) is 15.4 Å². The highest BCUT2D eigenvalue weighted by atomic mass is 32.2. The molecule has 3 amide bonds. The normalized spacial score (nSPS) is 19.4. The predicted molar refractivity (Wildman–Crippen MR) is 47.8 cm³/mol. The summed E-state index contributed by atoms with van der Waals surface area (Å²) < 4.78 is 4.39. The van der Waals surface area contributed by atoms with E-state index >= 15 is 0 Å². The molecule has 0 unspecified atom stereocenters. The lowest BCUT2D eigenvalue weighted by molar-refractivity contribution is -0.119. The van der Waals surface area contributed by atoms with E-state index in [9.17, 15) is 14.4 Å². The Bertz CT molecular complexity index is 245. The molecular formula is C6H7N3O4S. The van der Waals surface area contributed by atoms with Crippen molar-refractivity contribution in [1.82, 2.24) is 10.6 Å². The molecule has 0 aromatic heterocycles. The summed E-state index contributed by atoms with van der Waals surface area (Å²) >= 11 is 1.01. The Morgan fingerprint density at radius 1 is 1.21 bits per heavy atom. The van der Waals surface area contributed by atoms with Gasteiger partial charge in [0.2, 0.25) is 5.91 Å². The first-order valence-corrected chi connectivity index (χ1v) is 4.54. The van der Waals surface area contributed by atoms with Gasteiger partial charge in [-0.2, -0.15) is 0 Å². The first kappa shape index (κ1) is 10.5. The molecule has 0 aliphatic carbocycles. The summed E-state index contributed by atoms with van der Waals surface area (Å²) in [6.07, 6.45) is 0. The van der Waals surface area contributed by atoms with E-state index in [0.29, 0.717) is 5.75 Å². The molecule has 14 heavy (non-hydrogen) atoms. The number of carbonyl (C=O) groups is 3. The van der Waals surface area contributed by atoms with Crippen LogP contribution < -0.4 is 10.6 Å². The second-order valence-electron chi connectivity index (χ2n) is 2.29. The lowest BCUT2D eigenvalue weighted by Gasteiger charge is -1.83. The van der Waals surface area contributed by atoms with Gasteiger partial charge in [-0.3, -0.25) is 30.4 Å². The van der Waals surface area contributed by atoms with Crippen molar-refractivity contribution in [3.63, 3.8) is 0 Å². The van der Waals surface area contributed by atoms with Crippen LogP contribution in [0, 0.1) is 5.41 Å². The topological polar surface area (TPSA) is 108 Å². The van der Waals surface area contributed by atoms with Crippen molar-refractivity contribution in [3.8, 4) is 0 Å². The van der Waals surface area contributed by atoms with E-state index in [1.165, 1.54) is 0 Å². The van der Waals surface area contributed by atoms with Gasteiger partial charge in [0, 0.05) is 0 Å². The molecule has 0 bridgehead atoms. The molecule has 0 aromatic carbocycles. The lowest BCUT2D eigenvalue weighted by atomic mass is 10.7. The molecule has 8 heteroatoms. The van der Waals surface area contributed by atoms with Gasteiger partial charge in [0.1, 0.15) is 0 Å². The van der Waals surface area contributed by atoms with Crippen molar-refractivity contribution in [2.75, 3.05) is 12.4 Å². The van der Waals surface area contributed by atoms with Crippen molar-refractivity contribution in [2.24, 2.45) is 0 Å². The van der Waals surface area contributed by atoms with E-state index < -0.39 is 0 Å². The van der Waals surface area contributed by atoms with E-state index in [1.807, 2.05) is 0 Å². The molecule has 2 heterocycles. The zero-order valence-electron chi connectivity index (χ0n) is 6.96. The van der Waals surface area contributed by atoms with Crippen LogP contribution in [0.15, 0.2) is 0 Å². The van der Waals surface area contributed by atoms with Crippen LogP contribution in [-0.4, -0.2) is 35.4 Å². The van der Waals surface area contributed by atoms with Gasteiger partial charge in [0.05, 0.1) is 5.75 Å². The van der Waals surface area contributed by atoms with Crippen LogP contribution >= 0.6 is 11.8 Å². The van der Waals surface area contributed by atoms with Crippen LogP contribution in [0.25, 0.3) is 0 Å². The van der Waals surface area contributed by atoms with Gasteiger partial charge in [-0.1, -0.05) is 11.8 Å².